The maximum atomic E-state index is 12.4. The quantitative estimate of drug-likeness (QED) is 0.825. The van der Waals surface area contributed by atoms with Crippen LogP contribution in [-0.2, 0) is 4.79 Å². The fourth-order valence-corrected chi connectivity index (χ4v) is 2.49. The number of rotatable bonds is 6. The van der Waals surface area contributed by atoms with Crippen molar-refractivity contribution >= 4 is 28.9 Å². The molecule has 0 aliphatic heterocycles. The normalized spacial score (nSPS) is 11.5. The lowest BCUT2D eigenvalue weighted by Crippen LogP contribution is -2.32. The van der Waals surface area contributed by atoms with Gasteiger partial charge in [-0.25, -0.2) is 0 Å². The number of anilines is 2. The second-order valence-corrected chi connectivity index (χ2v) is 5.82. The van der Waals surface area contributed by atoms with Crippen LogP contribution in [0.1, 0.15) is 12.5 Å². The van der Waals surface area contributed by atoms with Crippen LogP contribution in [0.25, 0.3) is 0 Å². The average Bonchev–Trinajstić information content (AvgIpc) is 2.55. The first-order chi connectivity index (χ1) is 11.4. The van der Waals surface area contributed by atoms with Gasteiger partial charge < -0.3 is 20.1 Å². The highest BCUT2D eigenvalue weighted by atomic mass is 35.5. The Morgan fingerprint density at radius 1 is 1.12 bits per heavy atom. The molecule has 0 saturated heterocycles. The smallest absolute Gasteiger partial charge is 0.246 e. The van der Waals surface area contributed by atoms with Crippen LogP contribution in [0.15, 0.2) is 36.4 Å². The first-order valence-electron chi connectivity index (χ1n) is 7.50. The van der Waals surface area contributed by atoms with Crippen molar-refractivity contribution in [3.8, 4) is 11.5 Å². The fraction of sp³-hybridized carbons (Fsp3) is 0.278. The highest BCUT2D eigenvalue weighted by Crippen LogP contribution is 2.36. The summed E-state index contributed by atoms with van der Waals surface area (Å²) in [5, 5.41) is 6.43. The molecule has 0 spiro atoms. The van der Waals surface area contributed by atoms with Crippen molar-refractivity contribution in [2.75, 3.05) is 24.9 Å². The van der Waals surface area contributed by atoms with E-state index >= 15 is 0 Å². The van der Waals surface area contributed by atoms with Crippen molar-refractivity contribution < 1.29 is 14.3 Å². The monoisotopic (exact) mass is 348 g/mol. The molecule has 2 rings (SSSR count). The summed E-state index contributed by atoms with van der Waals surface area (Å²) in [6.07, 6.45) is 0. The third-order valence-electron chi connectivity index (χ3n) is 3.52. The summed E-state index contributed by atoms with van der Waals surface area (Å²) < 4.78 is 10.5. The van der Waals surface area contributed by atoms with Crippen LogP contribution in [0.3, 0.4) is 0 Å². The molecule has 128 valence electrons. The first-order valence-corrected chi connectivity index (χ1v) is 7.88. The molecule has 2 aromatic carbocycles. The zero-order valence-corrected chi connectivity index (χ0v) is 14.9. The highest BCUT2D eigenvalue weighted by Gasteiger charge is 2.17. The van der Waals surface area contributed by atoms with Crippen molar-refractivity contribution in [2.45, 2.75) is 19.9 Å². The second kappa shape index (κ2) is 7.93. The standard InChI is InChI=1S/C18H21ClN2O3/c1-11-6-5-7-13(8-11)21-18(22)12(2)20-15-9-14(19)16(23-3)10-17(15)24-4/h5-10,12,20H,1-4H3,(H,21,22). The molecule has 0 heterocycles. The van der Waals surface area contributed by atoms with E-state index in [4.69, 9.17) is 21.1 Å². The van der Waals surface area contributed by atoms with E-state index in [2.05, 4.69) is 10.6 Å². The van der Waals surface area contributed by atoms with E-state index in [0.29, 0.717) is 22.2 Å². The van der Waals surface area contributed by atoms with E-state index in [1.54, 1.807) is 26.2 Å². The zero-order chi connectivity index (χ0) is 17.7. The summed E-state index contributed by atoms with van der Waals surface area (Å²) in [5.74, 6) is 0.900. The third-order valence-corrected chi connectivity index (χ3v) is 3.82. The molecule has 5 nitrogen and oxygen atoms in total. The molecule has 1 unspecified atom stereocenters. The molecule has 0 saturated carbocycles. The number of nitrogens with one attached hydrogen (secondary N) is 2. The summed E-state index contributed by atoms with van der Waals surface area (Å²) in [7, 11) is 3.08. The van der Waals surface area contributed by atoms with Gasteiger partial charge in [-0.15, -0.1) is 0 Å². The number of halogens is 1. The molecule has 1 amide bonds. The molecule has 0 aromatic heterocycles. The average molecular weight is 349 g/mol. The summed E-state index contributed by atoms with van der Waals surface area (Å²) in [5.41, 5.74) is 2.46. The van der Waals surface area contributed by atoms with Crippen LogP contribution in [0.5, 0.6) is 11.5 Å². The van der Waals surface area contributed by atoms with Crippen LogP contribution < -0.4 is 20.1 Å². The van der Waals surface area contributed by atoms with E-state index in [1.165, 1.54) is 7.11 Å². The van der Waals surface area contributed by atoms with Gasteiger partial charge >= 0.3 is 0 Å². The van der Waals surface area contributed by atoms with Crippen molar-refractivity contribution in [1.29, 1.82) is 0 Å². The summed E-state index contributed by atoms with van der Waals surface area (Å²) in [6, 6.07) is 10.5. The van der Waals surface area contributed by atoms with Crippen molar-refractivity contribution in [1.82, 2.24) is 0 Å². The number of hydrogen-bond donors (Lipinski definition) is 2. The molecular weight excluding hydrogens is 328 g/mol. The van der Waals surface area contributed by atoms with Gasteiger partial charge in [-0.3, -0.25) is 4.79 Å². The summed E-state index contributed by atoms with van der Waals surface area (Å²) in [6.45, 7) is 3.74. The van der Waals surface area contributed by atoms with Crippen molar-refractivity contribution in [3.05, 3.63) is 47.0 Å². The lowest BCUT2D eigenvalue weighted by molar-refractivity contribution is -0.116. The number of ether oxygens (including phenoxy) is 2. The Morgan fingerprint density at radius 2 is 1.83 bits per heavy atom. The second-order valence-electron chi connectivity index (χ2n) is 5.41. The molecule has 2 N–H and O–H groups in total. The predicted molar refractivity (Wildman–Crippen MR) is 97.4 cm³/mol. The van der Waals surface area contributed by atoms with Crippen LogP contribution >= 0.6 is 11.6 Å². The number of hydrogen-bond acceptors (Lipinski definition) is 4. The Kier molecular flexibility index (Phi) is 5.93. The number of methoxy groups -OCH3 is 2. The van der Waals surface area contributed by atoms with E-state index in [-0.39, 0.29) is 5.91 Å². The highest BCUT2D eigenvalue weighted by molar-refractivity contribution is 6.32. The van der Waals surface area contributed by atoms with E-state index in [1.807, 2.05) is 31.2 Å². The number of amides is 1. The minimum atomic E-state index is -0.483. The minimum absolute atomic E-state index is 0.158. The lowest BCUT2D eigenvalue weighted by Gasteiger charge is -2.18. The Labute approximate surface area is 146 Å². The number of benzene rings is 2. The van der Waals surface area contributed by atoms with Gasteiger partial charge in [0.25, 0.3) is 0 Å². The van der Waals surface area contributed by atoms with Gasteiger partial charge in [-0.1, -0.05) is 23.7 Å². The SMILES string of the molecule is COc1cc(OC)c(NC(C)C(=O)Nc2cccc(C)c2)cc1Cl. The van der Waals surface area contributed by atoms with Gasteiger partial charge in [0.2, 0.25) is 5.91 Å². The van der Waals surface area contributed by atoms with E-state index in [9.17, 15) is 4.79 Å². The Hall–Kier alpha value is -2.40. The number of aryl methyl sites for hydroxylation is 1. The Balaban J connectivity index is 2.12. The number of carbonyl (C=O) groups is 1. The number of carbonyl (C=O) groups excluding carboxylic acids is 1. The molecule has 24 heavy (non-hydrogen) atoms. The predicted octanol–water partition coefficient (Wildman–Crippen LogP) is 4.10. The van der Waals surface area contributed by atoms with Gasteiger partial charge in [0.15, 0.2) is 0 Å². The molecule has 0 aliphatic rings. The van der Waals surface area contributed by atoms with Crippen molar-refractivity contribution in [3.63, 3.8) is 0 Å². The third kappa shape index (κ3) is 4.32. The first kappa shape index (κ1) is 17.9. The lowest BCUT2D eigenvalue weighted by atomic mass is 10.2. The van der Waals surface area contributed by atoms with E-state index < -0.39 is 6.04 Å². The van der Waals surface area contributed by atoms with Crippen LogP contribution in [0.2, 0.25) is 5.02 Å². The summed E-state index contributed by atoms with van der Waals surface area (Å²) >= 11 is 6.15. The Bertz CT molecular complexity index is 734. The van der Waals surface area contributed by atoms with Gasteiger partial charge in [-0.05, 0) is 37.6 Å². The van der Waals surface area contributed by atoms with Gasteiger partial charge in [-0.2, -0.15) is 0 Å². The zero-order valence-electron chi connectivity index (χ0n) is 14.1. The molecule has 0 aliphatic carbocycles. The minimum Gasteiger partial charge on any atom is -0.495 e. The molecule has 0 fully saturated rings. The van der Waals surface area contributed by atoms with Crippen LogP contribution in [-0.4, -0.2) is 26.2 Å². The van der Waals surface area contributed by atoms with Crippen molar-refractivity contribution in [2.24, 2.45) is 0 Å². The van der Waals surface area contributed by atoms with E-state index in [0.717, 1.165) is 11.3 Å². The summed E-state index contributed by atoms with van der Waals surface area (Å²) in [4.78, 5) is 12.4. The topological polar surface area (TPSA) is 59.6 Å². The maximum absolute atomic E-state index is 12.4. The molecule has 1 atom stereocenters. The Morgan fingerprint density at radius 3 is 2.46 bits per heavy atom. The van der Waals surface area contributed by atoms with Crippen LogP contribution in [0, 0.1) is 6.92 Å². The molecule has 2 aromatic rings. The molecular formula is C18H21ClN2O3. The maximum Gasteiger partial charge on any atom is 0.246 e. The fourth-order valence-electron chi connectivity index (χ4n) is 2.24. The van der Waals surface area contributed by atoms with Gasteiger partial charge in [0, 0.05) is 11.8 Å². The molecule has 0 radical (unpaired) electrons. The van der Waals surface area contributed by atoms with Gasteiger partial charge in [0.1, 0.15) is 17.5 Å². The van der Waals surface area contributed by atoms with Crippen LogP contribution in [0.4, 0.5) is 11.4 Å². The largest absolute Gasteiger partial charge is 0.495 e. The molecule has 6 heteroatoms. The van der Waals surface area contributed by atoms with Gasteiger partial charge in [0.05, 0.1) is 24.9 Å². The molecule has 0 bridgehead atoms.